The maximum Gasteiger partial charge on any atom is 0.0642 e. The minimum Gasteiger partial charge on any atom is -0.370 e. The Morgan fingerprint density at radius 1 is 1.29 bits per heavy atom. The van der Waals surface area contributed by atoms with E-state index in [-0.39, 0.29) is 0 Å². The Morgan fingerprint density at radius 2 is 2.06 bits per heavy atom. The van der Waals surface area contributed by atoms with Crippen LogP contribution in [0.4, 0.5) is 5.69 Å². The molecule has 1 saturated heterocycles. The second-order valence-electron chi connectivity index (χ2n) is 5.11. The summed E-state index contributed by atoms with van der Waals surface area (Å²) < 4.78 is 0. The molecule has 2 atom stereocenters. The number of hydrogen-bond donors (Lipinski definition) is 0. The zero-order valence-corrected chi connectivity index (χ0v) is 11.9. The minimum atomic E-state index is 0.521. The van der Waals surface area contributed by atoms with Gasteiger partial charge in [0.1, 0.15) is 0 Å². The molecule has 1 aromatic carbocycles. The van der Waals surface area contributed by atoms with E-state index in [1.807, 2.05) is 6.07 Å². The first-order chi connectivity index (χ1) is 8.11. The van der Waals surface area contributed by atoms with Crippen molar-refractivity contribution in [3.8, 4) is 0 Å². The summed E-state index contributed by atoms with van der Waals surface area (Å²) in [7, 11) is 0. The predicted molar refractivity (Wildman–Crippen MR) is 76.2 cm³/mol. The van der Waals surface area contributed by atoms with Crippen molar-refractivity contribution in [3.05, 3.63) is 28.8 Å². The lowest BCUT2D eigenvalue weighted by molar-refractivity contribution is 0.324. The molecule has 1 aliphatic rings. The molecule has 0 radical (unpaired) electrons. The molecule has 1 fully saturated rings. The highest BCUT2D eigenvalue weighted by molar-refractivity contribution is 6.33. The Labute approximate surface area is 114 Å². The van der Waals surface area contributed by atoms with Crippen LogP contribution in [0.5, 0.6) is 0 Å². The van der Waals surface area contributed by atoms with E-state index in [4.69, 9.17) is 23.2 Å². The molecule has 0 N–H and O–H groups in total. The van der Waals surface area contributed by atoms with E-state index >= 15 is 0 Å². The summed E-state index contributed by atoms with van der Waals surface area (Å²) in [4.78, 5) is 2.39. The Balaban J connectivity index is 2.17. The van der Waals surface area contributed by atoms with Crippen LogP contribution >= 0.6 is 23.2 Å². The number of rotatable bonds is 2. The van der Waals surface area contributed by atoms with E-state index in [1.54, 1.807) is 0 Å². The number of hydrogen-bond acceptors (Lipinski definition) is 1. The van der Waals surface area contributed by atoms with Gasteiger partial charge in [0.2, 0.25) is 0 Å². The molecular formula is C14H19Cl2N. The molecule has 94 valence electrons. The average molecular weight is 272 g/mol. The molecule has 1 aromatic rings. The number of benzene rings is 1. The number of halogens is 2. The van der Waals surface area contributed by atoms with Crippen LogP contribution in [0, 0.1) is 11.8 Å². The lowest BCUT2D eigenvalue weighted by Gasteiger charge is -2.37. The first-order valence-corrected chi connectivity index (χ1v) is 7.12. The van der Waals surface area contributed by atoms with Gasteiger partial charge in [-0.3, -0.25) is 0 Å². The van der Waals surface area contributed by atoms with Gasteiger partial charge in [-0.2, -0.15) is 0 Å². The summed E-state index contributed by atoms with van der Waals surface area (Å²) >= 11 is 12.1. The molecule has 0 aromatic heterocycles. The lowest BCUT2D eigenvalue weighted by Crippen LogP contribution is -2.38. The second kappa shape index (κ2) is 5.49. The normalized spacial score (nSPS) is 25.1. The molecule has 2 unspecified atom stereocenters. The molecule has 1 aliphatic heterocycles. The van der Waals surface area contributed by atoms with Crippen LogP contribution in [0.25, 0.3) is 0 Å². The Hall–Kier alpha value is -0.400. The van der Waals surface area contributed by atoms with Crippen molar-refractivity contribution in [3.63, 3.8) is 0 Å². The van der Waals surface area contributed by atoms with Crippen molar-refractivity contribution < 1.29 is 0 Å². The Bertz CT molecular complexity index is 392. The average Bonchev–Trinajstić information content (AvgIpc) is 2.32. The minimum absolute atomic E-state index is 0.521. The van der Waals surface area contributed by atoms with Gasteiger partial charge >= 0.3 is 0 Å². The fourth-order valence-corrected chi connectivity index (χ4v) is 2.86. The summed E-state index contributed by atoms with van der Waals surface area (Å²) in [5.74, 6) is 2.06. The van der Waals surface area contributed by atoms with Crippen LogP contribution in [0.15, 0.2) is 18.2 Å². The summed E-state index contributed by atoms with van der Waals surface area (Å²) in [6.07, 6.45) is 1.24. The number of alkyl halides is 1. The Kier molecular flexibility index (Phi) is 4.22. The van der Waals surface area contributed by atoms with E-state index in [0.29, 0.717) is 5.88 Å². The van der Waals surface area contributed by atoms with E-state index in [2.05, 4.69) is 30.9 Å². The molecular weight excluding hydrogens is 253 g/mol. The standard InChI is InChI=1S/C14H19Cl2N/c1-10-5-6-17(9-11(10)2)14-4-3-12(8-15)7-13(14)16/h3-4,7,10-11H,5-6,8-9H2,1-2H3. The van der Waals surface area contributed by atoms with Crippen molar-refractivity contribution in [1.29, 1.82) is 0 Å². The Morgan fingerprint density at radius 3 is 2.65 bits per heavy atom. The van der Waals surface area contributed by atoms with Crippen molar-refractivity contribution in [2.24, 2.45) is 11.8 Å². The van der Waals surface area contributed by atoms with Gasteiger partial charge in [-0.25, -0.2) is 0 Å². The zero-order valence-electron chi connectivity index (χ0n) is 10.4. The first kappa shape index (κ1) is 13.0. The molecule has 0 amide bonds. The molecule has 1 heterocycles. The summed E-state index contributed by atoms with van der Waals surface area (Å²) in [5, 5.41) is 0.824. The third kappa shape index (κ3) is 2.89. The summed E-state index contributed by atoms with van der Waals surface area (Å²) in [5.41, 5.74) is 2.23. The fraction of sp³-hybridized carbons (Fsp3) is 0.571. The zero-order chi connectivity index (χ0) is 12.4. The van der Waals surface area contributed by atoms with Crippen LogP contribution in [0.2, 0.25) is 5.02 Å². The molecule has 2 rings (SSSR count). The molecule has 0 bridgehead atoms. The highest BCUT2D eigenvalue weighted by Crippen LogP contribution is 2.32. The third-order valence-corrected chi connectivity index (χ3v) is 4.45. The van der Waals surface area contributed by atoms with Gasteiger partial charge < -0.3 is 4.90 Å². The third-order valence-electron chi connectivity index (χ3n) is 3.84. The van der Waals surface area contributed by atoms with Gasteiger partial charge in [0, 0.05) is 19.0 Å². The van der Waals surface area contributed by atoms with Gasteiger partial charge in [0.15, 0.2) is 0 Å². The largest absolute Gasteiger partial charge is 0.370 e. The van der Waals surface area contributed by atoms with Gasteiger partial charge in [-0.05, 0) is 36.0 Å². The monoisotopic (exact) mass is 271 g/mol. The van der Waals surface area contributed by atoms with E-state index in [1.165, 1.54) is 6.42 Å². The topological polar surface area (TPSA) is 3.24 Å². The van der Waals surface area contributed by atoms with E-state index in [9.17, 15) is 0 Å². The smallest absolute Gasteiger partial charge is 0.0642 e. The van der Waals surface area contributed by atoms with Crippen molar-refractivity contribution in [2.45, 2.75) is 26.1 Å². The predicted octanol–water partition coefficient (Wildman–Crippen LogP) is 4.56. The molecule has 0 saturated carbocycles. The van der Waals surface area contributed by atoms with Crippen LogP contribution in [-0.2, 0) is 5.88 Å². The van der Waals surface area contributed by atoms with Gasteiger partial charge in [0.25, 0.3) is 0 Å². The maximum atomic E-state index is 6.33. The SMILES string of the molecule is CC1CCN(c2ccc(CCl)cc2Cl)CC1C. The quantitative estimate of drug-likeness (QED) is 0.713. The molecule has 1 nitrogen and oxygen atoms in total. The van der Waals surface area contributed by atoms with Gasteiger partial charge in [-0.15, -0.1) is 11.6 Å². The summed E-state index contributed by atoms with van der Waals surface area (Å²) in [6, 6.07) is 6.15. The number of anilines is 1. The van der Waals surface area contributed by atoms with Crippen molar-refractivity contribution >= 4 is 28.9 Å². The highest BCUT2D eigenvalue weighted by atomic mass is 35.5. The molecule has 0 spiro atoms. The summed E-state index contributed by atoms with van der Waals surface area (Å²) in [6.45, 7) is 6.85. The first-order valence-electron chi connectivity index (χ1n) is 6.21. The van der Waals surface area contributed by atoms with Crippen LogP contribution in [-0.4, -0.2) is 13.1 Å². The molecule has 3 heteroatoms. The van der Waals surface area contributed by atoms with Gasteiger partial charge in [-0.1, -0.05) is 31.5 Å². The second-order valence-corrected chi connectivity index (χ2v) is 5.78. The van der Waals surface area contributed by atoms with Crippen molar-refractivity contribution in [2.75, 3.05) is 18.0 Å². The number of piperidine rings is 1. The lowest BCUT2D eigenvalue weighted by atomic mass is 9.88. The number of nitrogens with zero attached hydrogens (tertiary/aromatic N) is 1. The van der Waals surface area contributed by atoms with Crippen LogP contribution in [0.3, 0.4) is 0 Å². The molecule has 0 aliphatic carbocycles. The van der Waals surface area contributed by atoms with E-state index in [0.717, 1.165) is 41.2 Å². The van der Waals surface area contributed by atoms with Gasteiger partial charge in [0.05, 0.1) is 10.7 Å². The van der Waals surface area contributed by atoms with Crippen LogP contribution < -0.4 is 4.90 Å². The fourth-order valence-electron chi connectivity index (χ4n) is 2.37. The molecule has 17 heavy (non-hydrogen) atoms. The van der Waals surface area contributed by atoms with Crippen molar-refractivity contribution in [1.82, 2.24) is 0 Å². The maximum absolute atomic E-state index is 6.33. The highest BCUT2D eigenvalue weighted by Gasteiger charge is 2.23. The van der Waals surface area contributed by atoms with Crippen LogP contribution in [0.1, 0.15) is 25.8 Å². The van der Waals surface area contributed by atoms with E-state index < -0.39 is 0 Å².